The van der Waals surface area contributed by atoms with Crippen LogP contribution >= 0.6 is 23.4 Å². The van der Waals surface area contributed by atoms with Crippen LogP contribution in [0.15, 0.2) is 63.1 Å². The highest BCUT2D eigenvalue weighted by Gasteiger charge is 2.12. The highest BCUT2D eigenvalue weighted by Crippen LogP contribution is 2.24. The van der Waals surface area contributed by atoms with Crippen molar-refractivity contribution in [2.45, 2.75) is 16.7 Å². The van der Waals surface area contributed by atoms with Crippen LogP contribution in [0, 0.1) is 0 Å². The first kappa shape index (κ1) is 21.1. The van der Waals surface area contributed by atoms with Crippen LogP contribution in [0.25, 0.3) is 0 Å². The third kappa shape index (κ3) is 6.19. The molecule has 3 N–H and O–H groups in total. The van der Waals surface area contributed by atoms with Crippen molar-refractivity contribution in [2.75, 3.05) is 11.1 Å². The molecule has 0 saturated carbocycles. The van der Waals surface area contributed by atoms with Gasteiger partial charge in [0, 0.05) is 5.69 Å². The molecule has 0 unspecified atom stereocenters. The summed E-state index contributed by atoms with van der Waals surface area (Å²) in [5, 5.41) is 16.0. The molecule has 9 nitrogen and oxygen atoms in total. The molecule has 0 saturated heterocycles. The Balaban J connectivity index is 1.48. The summed E-state index contributed by atoms with van der Waals surface area (Å²) in [7, 11) is -3.78. The number of sulfonamides is 1. The summed E-state index contributed by atoms with van der Waals surface area (Å²) < 4.78 is 33.4. The van der Waals surface area contributed by atoms with Gasteiger partial charge in [0.1, 0.15) is 5.75 Å². The summed E-state index contributed by atoms with van der Waals surface area (Å²) in [6.07, 6.45) is 0. The molecule has 152 valence electrons. The van der Waals surface area contributed by atoms with Crippen LogP contribution in [-0.2, 0) is 21.4 Å². The first-order chi connectivity index (χ1) is 13.8. The summed E-state index contributed by atoms with van der Waals surface area (Å²) >= 11 is 7.05. The van der Waals surface area contributed by atoms with E-state index in [2.05, 4.69) is 15.5 Å². The number of benzene rings is 2. The van der Waals surface area contributed by atoms with Crippen LogP contribution < -0.4 is 15.2 Å². The van der Waals surface area contributed by atoms with E-state index in [-0.39, 0.29) is 34.3 Å². The van der Waals surface area contributed by atoms with E-state index in [1.807, 2.05) is 0 Å². The number of hydrogen-bond acceptors (Lipinski definition) is 8. The lowest BCUT2D eigenvalue weighted by Crippen LogP contribution is -2.15. The van der Waals surface area contributed by atoms with Gasteiger partial charge in [-0.3, -0.25) is 4.79 Å². The Bertz CT molecular complexity index is 1100. The lowest BCUT2D eigenvalue weighted by Gasteiger charge is -2.05. The Morgan fingerprint density at radius 2 is 1.90 bits per heavy atom. The summed E-state index contributed by atoms with van der Waals surface area (Å²) in [6.45, 7) is 0.0416. The maximum absolute atomic E-state index is 12.0. The van der Waals surface area contributed by atoms with Crippen molar-refractivity contribution in [3.63, 3.8) is 0 Å². The number of halogens is 1. The quantitative estimate of drug-likeness (QED) is 0.495. The van der Waals surface area contributed by atoms with E-state index in [9.17, 15) is 13.2 Å². The number of para-hydroxylation sites is 1. The van der Waals surface area contributed by atoms with Gasteiger partial charge in [-0.1, -0.05) is 35.5 Å². The molecule has 29 heavy (non-hydrogen) atoms. The minimum atomic E-state index is -3.78. The Morgan fingerprint density at radius 3 is 2.59 bits per heavy atom. The molecule has 2 aromatic carbocycles. The minimum Gasteiger partial charge on any atom is -0.482 e. The number of nitrogens with one attached hydrogen (secondary N) is 1. The maximum Gasteiger partial charge on any atom is 0.277 e. The average molecular weight is 455 g/mol. The van der Waals surface area contributed by atoms with Crippen LogP contribution in [0.2, 0.25) is 5.02 Å². The molecule has 0 fully saturated rings. The normalized spacial score (nSPS) is 11.2. The van der Waals surface area contributed by atoms with Gasteiger partial charge in [-0.05, 0) is 36.4 Å². The van der Waals surface area contributed by atoms with Crippen molar-refractivity contribution in [3.8, 4) is 5.75 Å². The Morgan fingerprint density at radius 1 is 1.17 bits per heavy atom. The smallest absolute Gasteiger partial charge is 0.277 e. The van der Waals surface area contributed by atoms with Crippen molar-refractivity contribution in [1.29, 1.82) is 0 Å². The second kappa shape index (κ2) is 9.27. The fraction of sp³-hybridized carbons (Fsp3) is 0.118. The lowest BCUT2D eigenvalue weighted by atomic mass is 10.3. The molecule has 1 aromatic heterocycles. The number of anilines is 1. The van der Waals surface area contributed by atoms with Gasteiger partial charge in [0.25, 0.3) is 11.1 Å². The van der Waals surface area contributed by atoms with E-state index in [4.69, 9.17) is 25.9 Å². The number of carbonyl (C=O) groups excluding carboxylic acids is 1. The van der Waals surface area contributed by atoms with E-state index < -0.39 is 10.0 Å². The van der Waals surface area contributed by atoms with E-state index in [1.165, 1.54) is 24.3 Å². The number of primary sulfonamides is 1. The molecule has 0 spiro atoms. The molecule has 12 heteroatoms. The van der Waals surface area contributed by atoms with Gasteiger partial charge in [0.05, 0.1) is 15.7 Å². The predicted octanol–water partition coefficient (Wildman–Crippen LogP) is 2.68. The number of amides is 1. The lowest BCUT2D eigenvalue weighted by molar-refractivity contribution is -0.113. The van der Waals surface area contributed by atoms with Crippen molar-refractivity contribution in [3.05, 3.63) is 59.4 Å². The first-order valence-electron chi connectivity index (χ1n) is 8.06. The zero-order chi connectivity index (χ0) is 20.9. The third-order valence-electron chi connectivity index (χ3n) is 3.43. The summed E-state index contributed by atoms with van der Waals surface area (Å²) in [6, 6.07) is 12.5. The highest BCUT2D eigenvalue weighted by atomic mass is 35.5. The van der Waals surface area contributed by atoms with Crippen LogP contribution in [0.4, 0.5) is 5.69 Å². The van der Waals surface area contributed by atoms with E-state index in [1.54, 1.807) is 24.3 Å². The van der Waals surface area contributed by atoms with Crippen molar-refractivity contribution < 1.29 is 22.4 Å². The Labute approximate surface area is 175 Å². The van der Waals surface area contributed by atoms with Gasteiger partial charge >= 0.3 is 0 Å². The zero-order valence-corrected chi connectivity index (χ0v) is 17.1. The molecule has 0 aliphatic rings. The number of aromatic nitrogens is 2. The number of nitrogens with zero attached hydrogens (tertiary/aromatic N) is 2. The first-order valence-corrected chi connectivity index (χ1v) is 11.0. The molecule has 0 radical (unpaired) electrons. The molecule has 1 amide bonds. The second-order valence-corrected chi connectivity index (χ2v) is 8.48. The van der Waals surface area contributed by atoms with Gasteiger partial charge < -0.3 is 14.5 Å². The van der Waals surface area contributed by atoms with Crippen molar-refractivity contribution in [2.24, 2.45) is 5.14 Å². The van der Waals surface area contributed by atoms with Crippen molar-refractivity contribution in [1.82, 2.24) is 10.2 Å². The largest absolute Gasteiger partial charge is 0.482 e. The fourth-order valence-electron chi connectivity index (χ4n) is 2.11. The molecule has 0 bridgehead atoms. The number of carbonyl (C=O) groups is 1. The minimum absolute atomic E-state index is 0.0178. The second-order valence-electron chi connectivity index (χ2n) is 5.59. The SMILES string of the molecule is NS(=O)(=O)c1ccc(NC(=O)CSc2nnc(COc3ccccc3Cl)o2)cc1. The molecule has 3 rings (SSSR count). The Kier molecular flexibility index (Phi) is 6.75. The summed E-state index contributed by atoms with van der Waals surface area (Å²) in [5.74, 6) is 0.426. The zero-order valence-electron chi connectivity index (χ0n) is 14.7. The standard InChI is InChI=1S/C17H15ClN4O5S2/c18-13-3-1-2-4-14(13)26-9-16-21-22-17(27-16)28-10-15(23)20-11-5-7-12(8-6-11)29(19,24)25/h1-8H,9-10H2,(H,20,23)(H2,19,24,25). The molecule has 3 aromatic rings. The van der Waals surface area contributed by atoms with Gasteiger partial charge in [-0.2, -0.15) is 0 Å². The van der Waals surface area contributed by atoms with Gasteiger partial charge in [0.2, 0.25) is 15.9 Å². The summed E-state index contributed by atoms with van der Waals surface area (Å²) in [5.41, 5.74) is 0.433. The fourth-order valence-corrected chi connectivity index (χ4v) is 3.39. The molecule has 0 aliphatic heterocycles. The molecule has 0 atom stereocenters. The number of hydrogen-bond donors (Lipinski definition) is 2. The molecular weight excluding hydrogens is 440 g/mol. The van der Waals surface area contributed by atoms with Crippen LogP contribution in [0.5, 0.6) is 5.75 Å². The summed E-state index contributed by atoms with van der Waals surface area (Å²) in [4.78, 5) is 12.0. The van der Waals surface area contributed by atoms with Gasteiger partial charge in [-0.25, -0.2) is 13.6 Å². The number of rotatable bonds is 8. The highest BCUT2D eigenvalue weighted by molar-refractivity contribution is 7.99. The third-order valence-corrected chi connectivity index (χ3v) is 5.49. The Hall–Kier alpha value is -2.60. The number of nitrogens with two attached hydrogens (primary N) is 1. The topological polar surface area (TPSA) is 137 Å². The molecule has 1 heterocycles. The monoisotopic (exact) mass is 454 g/mol. The number of thioether (sulfide) groups is 1. The van der Waals surface area contributed by atoms with Crippen LogP contribution in [-0.4, -0.2) is 30.3 Å². The predicted molar refractivity (Wildman–Crippen MR) is 107 cm³/mol. The van der Waals surface area contributed by atoms with Crippen molar-refractivity contribution >= 4 is 45.0 Å². The molecule has 0 aliphatic carbocycles. The van der Waals surface area contributed by atoms with Gasteiger partial charge in [0.15, 0.2) is 6.61 Å². The van der Waals surface area contributed by atoms with Crippen LogP contribution in [0.1, 0.15) is 5.89 Å². The van der Waals surface area contributed by atoms with E-state index in [0.29, 0.717) is 16.5 Å². The number of ether oxygens (including phenoxy) is 1. The molecular formula is C17H15ClN4O5S2. The van der Waals surface area contributed by atoms with E-state index >= 15 is 0 Å². The average Bonchev–Trinajstić information content (AvgIpc) is 3.13. The van der Waals surface area contributed by atoms with Gasteiger partial charge in [-0.15, -0.1) is 10.2 Å². The van der Waals surface area contributed by atoms with Crippen LogP contribution in [0.3, 0.4) is 0 Å². The maximum atomic E-state index is 12.0. The van der Waals surface area contributed by atoms with E-state index in [0.717, 1.165) is 11.8 Å².